The highest BCUT2D eigenvalue weighted by molar-refractivity contribution is 6.31. The van der Waals surface area contributed by atoms with Crippen molar-refractivity contribution in [1.82, 2.24) is 10.2 Å². The molecule has 1 saturated heterocycles. The summed E-state index contributed by atoms with van der Waals surface area (Å²) in [6.07, 6.45) is 1.27. The van der Waals surface area contributed by atoms with Gasteiger partial charge in [-0.15, -0.1) is 0 Å². The highest BCUT2D eigenvalue weighted by Gasteiger charge is 2.29. The van der Waals surface area contributed by atoms with Gasteiger partial charge in [0.15, 0.2) is 0 Å². The standard InChI is InChI=1S/C24H29ClN2O4/c1-3-31-16-18-6-4-17(5-7-18)15-26-23(28)19-10-12-27(13-11-19)24(29)21-14-20(25)8-9-22(21)30-2/h4-9,14,19H,3,10-13,15-16H2,1-2H3,(H,26,28). The van der Waals surface area contributed by atoms with Crippen molar-refractivity contribution in [1.29, 1.82) is 0 Å². The number of benzene rings is 2. The topological polar surface area (TPSA) is 67.9 Å². The van der Waals surface area contributed by atoms with Gasteiger partial charge in [0.05, 0.1) is 19.3 Å². The molecule has 1 aliphatic heterocycles. The van der Waals surface area contributed by atoms with E-state index >= 15 is 0 Å². The van der Waals surface area contributed by atoms with Crippen molar-refractivity contribution in [3.05, 3.63) is 64.2 Å². The number of carbonyl (C=O) groups is 2. The number of ether oxygens (including phenoxy) is 2. The number of carbonyl (C=O) groups excluding carboxylic acids is 2. The molecule has 166 valence electrons. The van der Waals surface area contributed by atoms with E-state index in [0.717, 1.165) is 11.1 Å². The number of likely N-dealkylation sites (tertiary alicyclic amines) is 1. The van der Waals surface area contributed by atoms with Crippen LogP contribution in [0.5, 0.6) is 5.75 Å². The van der Waals surface area contributed by atoms with Crippen molar-refractivity contribution < 1.29 is 19.1 Å². The van der Waals surface area contributed by atoms with Crippen LogP contribution in [0.2, 0.25) is 5.02 Å². The summed E-state index contributed by atoms with van der Waals surface area (Å²) in [4.78, 5) is 27.2. The zero-order chi connectivity index (χ0) is 22.2. The maximum atomic E-state index is 12.9. The third-order valence-corrected chi connectivity index (χ3v) is 5.74. The Morgan fingerprint density at radius 1 is 1.10 bits per heavy atom. The fourth-order valence-corrected chi connectivity index (χ4v) is 3.84. The molecule has 0 aliphatic carbocycles. The molecule has 0 atom stereocenters. The molecule has 0 saturated carbocycles. The molecule has 1 N–H and O–H groups in total. The summed E-state index contributed by atoms with van der Waals surface area (Å²) in [5.74, 6) is 0.320. The van der Waals surface area contributed by atoms with Crippen LogP contribution in [0, 0.1) is 5.92 Å². The van der Waals surface area contributed by atoms with Gasteiger partial charge in [-0.05, 0) is 49.1 Å². The summed E-state index contributed by atoms with van der Waals surface area (Å²) < 4.78 is 10.7. The lowest BCUT2D eigenvalue weighted by molar-refractivity contribution is -0.126. The van der Waals surface area contributed by atoms with Crippen LogP contribution in [0.4, 0.5) is 0 Å². The van der Waals surface area contributed by atoms with E-state index in [1.54, 1.807) is 23.1 Å². The van der Waals surface area contributed by atoms with Gasteiger partial charge >= 0.3 is 0 Å². The molecule has 0 aromatic heterocycles. The second kappa shape index (κ2) is 11.2. The van der Waals surface area contributed by atoms with Crippen LogP contribution in [0.3, 0.4) is 0 Å². The minimum Gasteiger partial charge on any atom is -0.496 e. The number of piperidine rings is 1. The van der Waals surface area contributed by atoms with Crippen molar-refractivity contribution in [2.75, 3.05) is 26.8 Å². The first kappa shape index (κ1) is 23.1. The van der Waals surface area contributed by atoms with E-state index in [1.807, 2.05) is 31.2 Å². The molecule has 3 rings (SSSR count). The maximum Gasteiger partial charge on any atom is 0.257 e. The minimum atomic E-state index is -0.120. The van der Waals surface area contributed by atoms with E-state index in [1.165, 1.54) is 7.11 Å². The summed E-state index contributed by atoms with van der Waals surface area (Å²) >= 11 is 6.05. The molecule has 2 aromatic carbocycles. The van der Waals surface area contributed by atoms with Crippen LogP contribution in [0.25, 0.3) is 0 Å². The fourth-order valence-electron chi connectivity index (χ4n) is 3.67. The van der Waals surface area contributed by atoms with Crippen molar-refractivity contribution in [3.63, 3.8) is 0 Å². The largest absolute Gasteiger partial charge is 0.496 e. The van der Waals surface area contributed by atoms with Gasteiger partial charge in [-0.2, -0.15) is 0 Å². The second-order valence-electron chi connectivity index (χ2n) is 7.58. The molecule has 0 unspecified atom stereocenters. The number of hydrogen-bond acceptors (Lipinski definition) is 4. The van der Waals surface area contributed by atoms with Crippen LogP contribution in [0.1, 0.15) is 41.3 Å². The molecular weight excluding hydrogens is 416 g/mol. The van der Waals surface area contributed by atoms with Gasteiger partial charge in [-0.3, -0.25) is 9.59 Å². The predicted molar refractivity (Wildman–Crippen MR) is 120 cm³/mol. The van der Waals surface area contributed by atoms with E-state index in [2.05, 4.69) is 5.32 Å². The summed E-state index contributed by atoms with van der Waals surface area (Å²) in [5, 5.41) is 3.51. The number of hydrogen-bond donors (Lipinski definition) is 1. The Kier molecular flexibility index (Phi) is 8.32. The molecule has 1 aliphatic rings. The first-order chi connectivity index (χ1) is 15.0. The zero-order valence-corrected chi connectivity index (χ0v) is 18.8. The third kappa shape index (κ3) is 6.21. The number of amides is 2. The average molecular weight is 445 g/mol. The Bertz CT molecular complexity index is 893. The van der Waals surface area contributed by atoms with E-state index in [0.29, 0.717) is 62.0 Å². The summed E-state index contributed by atoms with van der Waals surface area (Å²) in [5.41, 5.74) is 2.62. The normalized spacial score (nSPS) is 14.4. The lowest BCUT2D eigenvalue weighted by Gasteiger charge is -2.31. The van der Waals surface area contributed by atoms with Crippen LogP contribution in [-0.2, 0) is 22.7 Å². The monoisotopic (exact) mass is 444 g/mol. The molecule has 2 aromatic rings. The first-order valence-electron chi connectivity index (χ1n) is 10.6. The van der Waals surface area contributed by atoms with E-state index in [9.17, 15) is 9.59 Å². The SMILES string of the molecule is CCOCc1ccc(CNC(=O)C2CCN(C(=O)c3cc(Cl)ccc3OC)CC2)cc1. The molecule has 31 heavy (non-hydrogen) atoms. The lowest BCUT2D eigenvalue weighted by atomic mass is 9.95. The van der Waals surface area contributed by atoms with Crippen molar-refractivity contribution in [2.45, 2.75) is 32.9 Å². The average Bonchev–Trinajstić information content (AvgIpc) is 2.81. The maximum absolute atomic E-state index is 12.9. The number of halogens is 1. The zero-order valence-electron chi connectivity index (χ0n) is 18.0. The Morgan fingerprint density at radius 2 is 1.77 bits per heavy atom. The highest BCUT2D eigenvalue weighted by Crippen LogP contribution is 2.26. The molecule has 1 heterocycles. The molecule has 0 spiro atoms. The van der Waals surface area contributed by atoms with Gasteiger partial charge in [-0.1, -0.05) is 35.9 Å². The van der Waals surface area contributed by atoms with Gasteiger partial charge in [0.2, 0.25) is 5.91 Å². The number of methoxy groups -OCH3 is 1. The third-order valence-electron chi connectivity index (χ3n) is 5.51. The van der Waals surface area contributed by atoms with E-state index in [4.69, 9.17) is 21.1 Å². The second-order valence-corrected chi connectivity index (χ2v) is 8.02. The molecule has 7 heteroatoms. The summed E-state index contributed by atoms with van der Waals surface area (Å²) in [6, 6.07) is 13.1. The van der Waals surface area contributed by atoms with Crippen LogP contribution in [0.15, 0.2) is 42.5 Å². The van der Waals surface area contributed by atoms with Crippen LogP contribution in [-0.4, -0.2) is 43.5 Å². The fraction of sp³-hybridized carbons (Fsp3) is 0.417. The predicted octanol–water partition coefficient (Wildman–Crippen LogP) is 4.05. The number of rotatable bonds is 8. The van der Waals surface area contributed by atoms with Gasteiger partial charge < -0.3 is 19.7 Å². The Hall–Kier alpha value is -2.57. The number of nitrogens with one attached hydrogen (secondary N) is 1. The highest BCUT2D eigenvalue weighted by atomic mass is 35.5. The van der Waals surface area contributed by atoms with Gasteiger partial charge in [0, 0.05) is 37.2 Å². The minimum absolute atomic E-state index is 0.0332. The Morgan fingerprint density at radius 3 is 2.42 bits per heavy atom. The molecule has 6 nitrogen and oxygen atoms in total. The Balaban J connectivity index is 1.48. The van der Waals surface area contributed by atoms with Crippen LogP contribution < -0.4 is 10.1 Å². The first-order valence-corrected chi connectivity index (χ1v) is 11.0. The summed E-state index contributed by atoms with van der Waals surface area (Å²) in [6.45, 7) is 4.80. The molecule has 1 fully saturated rings. The summed E-state index contributed by atoms with van der Waals surface area (Å²) in [7, 11) is 1.53. The Labute approximate surface area is 188 Å². The van der Waals surface area contributed by atoms with Gasteiger partial charge in [0.1, 0.15) is 5.75 Å². The van der Waals surface area contributed by atoms with Gasteiger partial charge in [0.25, 0.3) is 5.91 Å². The quantitative estimate of drug-likeness (QED) is 0.666. The van der Waals surface area contributed by atoms with E-state index < -0.39 is 0 Å². The van der Waals surface area contributed by atoms with Crippen LogP contribution >= 0.6 is 11.6 Å². The molecular formula is C24H29ClN2O4. The van der Waals surface area contributed by atoms with Crippen molar-refractivity contribution >= 4 is 23.4 Å². The van der Waals surface area contributed by atoms with Crippen molar-refractivity contribution in [3.8, 4) is 5.75 Å². The number of nitrogens with zero attached hydrogens (tertiary/aromatic N) is 1. The van der Waals surface area contributed by atoms with Gasteiger partial charge in [-0.25, -0.2) is 0 Å². The smallest absolute Gasteiger partial charge is 0.257 e. The van der Waals surface area contributed by atoms with E-state index in [-0.39, 0.29) is 17.7 Å². The molecule has 2 amide bonds. The molecule has 0 bridgehead atoms. The van der Waals surface area contributed by atoms with Crippen molar-refractivity contribution in [2.24, 2.45) is 5.92 Å². The lowest BCUT2D eigenvalue weighted by Crippen LogP contribution is -2.43. The molecule has 0 radical (unpaired) electrons.